The molecule has 0 aromatic carbocycles. The third kappa shape index (κ3) is 3.99. The molecule has 124 valence electrons. The molecule has 0 spiro atoms. The number of hydrogen-bond acceptors (Lipinski definition) is 3. The van der Waals surface area contributed by atoms with E-state index in [2.05, 4.69) is 18.7 Å². The zero-order chi connectivity index (χ0) is 16.2. The van der Waals surface area contributed by atoms with Crippen LogP contribution in [0.3, 0.4) is 0 Å². The number of rotatable bonds is 4. The maximum atomic E-state index is 12.3. The molecule has 0 aliphatic carbocycles. The van der Waals surface area contributed by atoms with E-state index in [0.29, 0.717) is 12.0 Å². The molecule has 2 aromatic heterocycles. The molecular weight excluding hydrogens is 286 g/mol. The van der Waals surface area contributed by atoms with Crippen molar-refractivity contribution in [2.24, 2.45) is 5.92 Å². The first-order valence-electron chi connectivity index (χ1n) is 8.85. The summed E-state index contributed by atoms with van der Waals surface area (Å²) in [6.45, 7) is 6.50. The summed E-state index contributed by atoms with van der Waals surface area (Å²) in [5, 5.41) is 0. The highest BCUT2D eigenvalue weighted by atomic mass is 16.1. The molecule has 1 atom stereocenters. The van der Waals surface area contributed by atoms with Gasteiger partial charge in [0.05, 0.1) is 5.69 Å². The van der Waals surface area contributed by atoms with E-state index in [9.17, 15) is 4.79 Å². The van der Waals surface area contributed by atoms with Gasteiger partial charge in [-0.2, -0.15) is 0 Å². The minimum atomic E-state index is 0.0147. The summed E-state index contributed by atoms with van der Waals surface area (Å²) < 4.78 is 1.61. The quantitative estimate of drug-likeness (QED) is 0.867. The molecule has 1 fully saturated rings. The summed E-state index contributed by atoms with van der Waals surface area (Å²) in [7, 11) is 0. The Balaban J connectivity index is 1.84. The highest BCUT2D eigenvalue weighted by Gasteiger charge is 2.22. The Hall–Kier alpha value is -1.68. The van der Waals surface area contributed by atoms with Crippen LogP contribution in [-0.2, 0) is 6.54 Å². The smallest absolute Gasteiger partial charge is 0.258 e. The van der Waals surface area contributed by atoms with Gasteiger partial charge in [-0.25, -0.2) is 4.98 Å². The van der Waals surface area contributed by atoms with Gasteiger partial charge in [0.2, 0.25) is 0 Å². The average molecular weight is 313 g/mol. The first kappa shape index (κ1) is 16.2. The second kappa shape index (κ2) is 7.26. The zero-order valence-corrected chi connectivity index (χ0v) is 14.2. The van der Waals surface area contributed by atoms with Crippen LogP contribution in [0.4, 0.5) is 0 Å². The van der Waals surface area contributed by atoms with Crippen molar-refractivity contribution >= 4 is 5.65 Å². The second-order valence-corrected chi connectivity index (χ2v) is 7.12. The molecule has 2 aromatic rings. The topological polar surface area (TPSA) is 37.6 Å². The molecule has 0 bridgehead atoms. The fraction of sp³-hybridized carbons (Fsp3) is 0.579. The highest BCUT2D eigenvalue weighted by Crippen LogP contribution is 2.23. The van der Waals surface area contributed by atoms with Gasteiger partial charge in [0, 0.05) is 24.8 Å². The lowest BCUT2D eigenvalue weighted by molar-refractivity contribution is 0.166. The summed E-state index contributed by atoms with van der Waals surface area (Å²) >= 11 is 0. The van der Waals surface area contributed by atoms with Gasteiger partial charge in [-0.15, -0.1) is 0 Å². The Bertz CT molecular complexity index is 707. The van der Waals surface area contributed by atoms with Crippen molar-refractivity contribution in [2.45, 2.75) is 58.5 Å². The summed E-state index contributed by atoms with van der Waals surface area (Å²) in [5.74, 6) is 0.704. The lowest BCUT2D eigenvalue weighted by atomic mass is 9.98. The molecule has 0 radical (unpaired) electrons. The van der Waals surface area contributed by atoms with Crippen LogP contribution in [0.25, 0.3) is 5.65 Å². The number of aromatic nitrogens is 2. The molecular formula is C19H27N3O. The number of pyridine rings is 1. The van der Waals surface area contributed by atoms with Crippen LogP contribution in [0.2, 0.25) is 0 Å². The van der Waals surface area contributed by atoms with Crippen molar-refractivity contribution in [3.63, 3.8) is 0 Å². The van der Waals surface area contributed by atoms with Crippen molar-refractivity contribution in [1.82, 2.24) is 14.3 Å². The minimum Gasteiger partial charge on any atom is -0.295 e. The molecule has 4 heteroatoms. The average Bonchev–Trinajstić information content (AvgIpc) is 2.72. The van der Waals surface area contributed by atoms with Crippen LogP contribution < -0.4 is 5.56 Å². The van der Waals surface area contributed by atoms with E-state index >= 15 is 0 Å². The fourth-order valence-electron chi connectivity index (χ4n) is 3.65. The molecule has 3 rings (SSSR count). The molecule has 1 aliphatic rings. The molecule has 1 saturated heterocycles. The van der Waals surface area contributed by atoms with Crippen LogP contribution in [0.15, 0.2) is 35.3 Å². The highest BCUT2D eigenvalue weighted by molar-refractivity contribution is 5.37. The van der Waals surface area contributed by atoms with E-state index in [1.165, 1.54) is 32.1 Å². The molecule has 3 heterocycles. The summed E-state index contributed by atoms with van der Waals surface area (Å²) in [6.07, 6.45) is 8.17. The van der Waals surface area contributed by atoms with Gasteiger partial charge in [-0.3, -0.25) is 14.1 Å². The van der Waals surface area contributed by atoms with E-state index in [1.807, 2.05) is 18.2 Å². The second-order valence-electron chi connectivity index (χ2n) is 7.12. The Labute approximate surface area is 138 Å². The largest absolute Gasteiger partial charge is 0.295 e. The summed E-state index contributed by atoms with van der Waals surface area (Å²) in [5.41, 5.74) is 1.66. The number of likely N-dealkylation sites (tertiary alicyclic amines) is 1. The van der Waals surface area contributed by atoms with Gasteiger partial charge >= 0.3 is 0 Å². The molecule has 4 nitrogen and oxygen atoms in total. The Kier molecular flexibility index (Phi) is 5.11. The molecule has 0 N–H and O–H groups in total. The fourth-order valence-corrected chi connectivity index (χ4v) is 3.65. The number of hydrogen-bond donors (Lipinski definition) is 0. The van der Waals surface area contributed by atoms with E-state index in [4.69, 9.17) is 4.98 Å². The van der Waals surface area contributed by atoms with Crippen molar-refractivity contribution in [2.75, 3.05) is 6.54 Å². The maximum Gasteiger partial charge on any atom is 0.258 e. The molecule has 23 heavy (non-hydrogen) atoms. The van der Waals surface area contributed by atoms with Gasteiger partial charge in [0.25, 0.3) is 5.56 Å². The van der Waals surface area contributed by atoms with E-state index in [1.54, 1.807) is 16.7 Å². The normalized spacial score (nSPS) is 20.0. The van der Waals surface area contributed by atoms with E-state index < -0.39 is 0 Å². The van der Waals surface area contributed by atoms with Crippen molar-refractivity contribution in [1.29, 1.82) is 0 Å². The van der Waals surface area contributed by atoms with Crippen LogP contribution >= 0.6 is 0 Å². The Morgan fingerprint density at radius 3 is 2.96 bits per heavy atom. The monoisotopic (exact) mass is 313 g/mol. The van der Waals surface area contributed by atoms with Gasteiger partial charge in [-0.05, 0) is 43.9 Å². The third-order valence-electron chi connectivity index (χ3n) is 4.73. The lowest BCUT2D eigenvalue weighted by Gasteiger charge is -2.31. The number of fused-ring (bicyclic) bond motifs is 1. The van der Waals surface area contributed by atoms with Crippen LogP contribution in [0.5, 0.6) is 0 Å². The predicted molar refractivity (Wildman–Crippen MR) is 93.6 cm³/mol. The molecule has 1 unspecified atom stereocenters. The van der Waals surface area contributed by atoms with Crippen molar-refractivity contribution in [3.8, 4) is 0 Å². The Morgan fingerprint density at radius 2 is 2.13 bits per heavy atom. The van der Waals surface area contributed by atoms with E-state index in [-0.39, 0.29) is 5.56 Å². The van der Waals surface area contributed by atoms with Gasteiger partial charge in [0.15, 0.2) is 0 Å². The first-order chi connectivity index (χ1) is 11.1. The Morgan fingerprint density at radius 1 is 1.26 bits per heavy atom. The molecule has 0 amide bonds. The zero-order valence-electron chi connectivity index (χ0n) is 14.2. The maximum absolute atomic E-state index is 12.3. The first-order valence-corrected chi connectivity index (χ1v) is 8.85. The van der Waals surface area contributed by atoms with E-state index in [0.717, 1.165) is 24.4 Å². The SMILES string of the molecule is CC(C)CC1CCCCCN1Cc1cc(=O)n2ccccc2n1. The number of nitrogens with zero attached hydrogens (tertiary/aromatic N) is 3. The van der Waals surface area contributed by atoms with Crippen molar-refractivity contribution < 1.29 is 0 Å². The third-order valence-corrected chi connectivity index (χ3v) is 4.73. The molecule has 0 saturated carbocycles. The van der Waals surface area contributed by atoms with Gasteiger partial charge < -0.3 is 0 Å². The lowest BCUT2D eigenvalue weighted by Crippen LogP contribution is -2.36. The summed E-state index contributed by atoms with van der Waals surface area (Å²) in [6, 6.07) is 8.01. The van der Waals surface area contributed by atoms with Crippen LogP contribution in [-0.4, -0.2) is 26.9 Å². The summed E-state index contributed by atoms with van der Waals surface area (Å²) in [4.78, 5) is 19.5. The van der Waals surface area contributed by atoms with Gasteiger partial charge in [0.1, 0.15) is 5.65 Å². The van der Waals surface area contributed by atoms with Crippen LogP contribution in [0, 0.1) is 5.92 Å². The predicted octanol–water partition coefficient (Wildman–Crippen LogP) is 3.49. The minimum absolute atomic E-state index is 0.0147. The molecule has 1 aliphatic heterocycles. The van der Waals surface area contributed by atoms with Crippen LogP contribution in [0.1, 0.15) is 51.6 Å². The van der Waals surface area contributed by atoms with Crippen molar-refractivity contribution in [3.05, 3.63) is 46.5 Å². The van der Waals surface area contributed by atoms with Gasteiger partial charge in [-0.1, -0.05) is 32.8 Å². The standard InChI is InChI=1S/C19H27N3O/c1-15(2)12-17-8-4-3-6-10-21(17)14-16-13-19(23)22-11-7-5-9-18(22)20-16/h5,7,9,11,13,15,17H,3-4,6,8,10,12,14H2,1-2H3.